The molecule has 0 amide bonds. The van der Waals surface area contributed by atoms with Crippen molar-refractivity contribution < 1.29 is 9.53 Å². The summed E-state index contributed by atoms with van der Waals surface area (Å²) < 4.78 is 5.19. The monoisotopic (exact) mass is 247 g/mol. The van der Waals surface area contributed by atoms with Crippen LogP contribution in [0.15, 0.2) is 36.5 Å². The minimum Gasteiger partial charge on any atom is -0.497 e. The molecule has 0 saturated heterocycles. The van der Waals surface area contributed by atoms with Crippen molar-refractivity contribution in [1.29, 1.82) is 0 Å². The third-order valence-corrected chi connectivity index (χ3v) is 2.93. The summed E-state index contributed by atoms with van der Waals surface area (Å²) in [5, 5.41) is 0. The lowest BCUT2D eigenvalue weighted by Gasteiger charge is -2.22. The first-order valence-corrected chi connectivity index (χ1v) is 5.91. The first kappa shape index (κ1) is 14.3. The molecule has 3 nitrogen and oxygen atoms in total. The van der Waals surface area contributed by atoms with E-state index in [-0.39, 0.29) is 5.78 Å². The molecule has 0 aromatic heterocycles. The fourth-order valence-corrected chi connectivity index (χ4v) is 1.58. The van der Waals surface area contributed by atoms with Crippen LogP contribution in [0.1, 0.15) is 19.4 Å². The third-order valence-electron chi connectivity index (χ3n) is 2.93. The van der Waals surface area contributed by atoms with Crippen molar-refractivity contribution in [2.75, 3.05) is 21.2 Å². The van der Waals surface area contributed by atoms with Crippen LogP contribution < -0.4 is 4.74 Å². The van der Waals surface area contributed by atoms with Crippen molar-refractivity contribution in [3.05, 3.63) is 42.1 Å². The highest BCUT2D eigenvalue weighted by Crippen LogP contribution is 2.27. The average Bonchev–Trinajstić information content (AvgIpc) is 2.35. The van der Waals surface area contributed by atoms with E-state index >= 15 is 0 Å². The van der Waals surface area contributed by atoms with Crippen LogP contribution >= 0.6 is 0 Å². The van der Waals surface area contributed by atoms with E-state index in [1.807, 2.05) is 57.1 Å². The normalized spacial score (nSPS) is 11.6. The topological polar surface area (TPSA) is 29.5 Å². The fourth-order valence-electron chi connectivity index (χ4n) is 1.58. The maximum atomic E-state index is 12.2. The molecule has 98 valence electrons. The Morgan fingerprint density at radius 1 is 1.33 bits per heavy atom. The molecular formula is C15H21NO2. The van der Waals surface area contributed by atoms with Crippen LogP contribution in [0.25, 0.3) is 0 Å². The number of hydrogen-bond acceptors (Lipinski definition) is 3. The van der Waals surface area contributed by atoms with E-state index in [2.05, 4.69) is 0 Å². The molecule has 0 bridgehead atoms. The summed E-state index contributed by atoms with van der Waals surface area (Å²) in [6, 6.07) is 7.63. The van der Waals surface area contributed by atoms with Crippen LogP contribution in [0.2, 0.25) is 0 Å². The van der Waals surface area contributed by atoms with Crippen LogP contribution in [-0.2, 0) is 10.2 Å². The van der Waals surface area contributed by atoms with Crippen LogP contribution in [0.5, 0.6) is 5.75 Å². The zero-order chi connectivity index (χ0) is 13.8. The molecule has 1 aromatic rings. The molecule has 0 aliphatic heterocycles. The molecular weight excluding hydrogens is 226 g/mol. The number of carbonyl (C=O) groups is 1. The van der Waals surface area contributed by atoms with E-state index < -0.39 is 5.41 Å². The highest BCUT2D eigenvalue weighted by Gasteiger charge is 2.27. The number of rotatable bonds is 5. The van der Waals surface area contributed by atoms with E-state index in [9.17, 15) is 4.79 Å². The summed E-state index contributed by atoms with van der Waals surface area (Å²) in [7, 11) is 5.41. The number of carbonyl (C=O) groups excluding carboxylic acids is 1. The van der Waals surface area contributed by atoms with Crippen molar-refractivity contribution >= 4 is 5.78 Å². The summed E-state index contributed by atoms with van der Waals surface area (Å²) in [5.74, 6) is 0.842. The van der Waals surface area contributed by atoms with Gasteiger partial charge in [-0.2, -0.15) is 0 Å². The molecule has 0 heterocycles. The maximum absolute atomic E-state index is 12.2. The Morgan fingerprint density at radius 3 is 2.56 bits per heavy atom. The minimum absolute atomic E-state index is 0.0736. The zero-order valence-electron chi connectivity index (χ0n) is 11.7. The average molecular weight is 247 g/mol. The Hall–Kier alpha value is -1.77. The number of ether oxygens (including phenoxy) is 1. The Labute approximate surface area is 109 Å². The van der Waals surface area contributed by atoms with Gasteiger partial charge in [0.1, 0.15) is 5.75 Å². The molecule has 0 aliphatic carbocycles. The predicted molar refractivity (Wildman–Crippen MR) is 73.9 cm³/mol. The van der Waals surface area contributed by atoms with Gasteiger partial charge >= 0.3 is 0 Å². The van der Waals surface area contributed by atoms with Crippen molar-refractivity contribution in [2.45, 2.75) is 19.3 Å². The molecule has 18 heavy (non-hydrogen) atoms. The lowest BCUT2D eigenvalue weighted by atomic mass is 9.80. The molecule has 0 radical (unpaired) electrons. The van der Waals surface area contributed by atoms with Crippen molar-refractivity contribution in [2.24, 2.45) is 0 Å². The van der Waals surface area contributed by atoms with E-state index in [1.165, 1.54) is 0 Å². The molecule has 0 unspecified atom stereocenters. The Bertz CT molecular complexity index is 448. The van der Waals surface area contributed by atoms with Gasteiger partial charge in [0.25, 0.3) is 0 Å². The van der Waals surface area contributed by atoms with E-state index in [0.29, 0.717) is 0 Å². The Balaban J connectivity index is 3.00. The Morgan fingerprint density at radius 2 is 2.00 bits per heavy atom. The first-order chi connectivity index (χ1) is 8.37. The number of ketones is 1. The van der Waals surface area contributed by atoms with Gasteiger partial charge in [-0.15, -0.1) is 0 Å². The maximum Gasteiger partial charge on any atom is 0.167 e. The lowest BCUT2D eigenvalue weighted by molar-refractivity contribution is -0.118. The zero-order valence-corrected chi connectivity index (χ0v) is 11.7. The summed E-state index contributed by atoms with van der Waals surface area (Å²) in [6.07, 6.45) is 3.38. The molecule has 3 heteroatoms. The highest BCUT2D eigenvalue weighted by atomic mass is 16.5. The number of benzene rings is 1. The van der Waals surface area contributed by atoms with Crippen LogP contribution in [0.3, 0.4) is 0 Å². The molecule has 0 aliphatic rings. The second-order valence-corrected chi connectivity index (χ2v) is 5.00. The van der Waals surface area contributed by atoms with Gasteiger partial charge < -0.3 is 9.64 Å². The van der Waals surface area contributed by atoms with Crippen molar-refractivity contribution in [1.82, 2.24) is 4.90 Å². The number of hydrogen-bond donors (Lipinski definition) is 0. The smallest absolute Gasteiger partial charge is 0.167 e. The van der Waals surface area contributed by atoms with Gasteiger partial charge in [-0.25, -0.2) is 0 Å². The van der Waals surface area contributed by atoms with Gasteiger partial charge in [0.2, 0.25) is 0 Å². The third kappa shape index (κ3) is 3.36. The SMILES string of the molecule is COc1cccc(C(C)(C)C(=O)C=CN(C)C)c1. The van der Waals surface area contributed by atoms with Crippen LogP contribution in [-0.4, -0.2) is 31.9 Å². The van der Waals surface area contributed by atoms with Crippen LogP contribution in [0, 0.1) is 0 Å². The molecule has 0 spiro atoms. The second kappa shape index (κ2) is 5.71. The van der Waals surface area contributed by atoms with E-state index in [1.54, 1.807) is 19.4 Å². The molecule has 0 N–H and O–H groups in total. The van der Waals surface area contributed by atoms with E-state index in [0.717, 1.165) is 11.3 Å². The fraction of sp³-hybridized carbons (Fsp3) is 0.400. The summed E-state index contributed by atoms with van der Waals surface area (Å²) >= 11 is 0. The summed E-state index contributed by atoms with van der Waals surface area (Å²) in [5.41, 5.74) is 0.399. The second-order valence-electron chi connectivity index (χ2n) is 5.00. The van der Waals surface area contributed by atoms with Gasteiger partial charge in [0, 0.05) is 20.3 Å². The van der Waals surface area contributed by atoms with Gasteiger partial charge in [-0.3, -0.25) is 4.79 Å². The number of allylic oxidation sites excluding steroid dienone is 1. The van der Waals surface area contributed by atoms with Gasteiger partial charge in [0.15, 0.2) is 5.78 Å². The van der Waals surface area contributed by atoms with Crippen LogP contribution in [0.4, 0.5) is 0 Å². The Kier molecular flexibility index (Phi) is 4.54. The van der Waals surface area contributed by atoms with Crippen molar-refractivity contribution in [3.8, 4) is 5.75 Å². The molecule has 1 aromatic carbocycles. The molecule has 0 atom stereocenters. The summed E-state index contributed by atoms with van der Waals surface area (Å²) in [6.45, 7) is 3.84. The van der Waals surface area contributed by atoms with E-state index in [4.69, 9.17) is 4.74 Å². The molecule has 1 rings (SSSR count). The minimum atomic E-state index is -0.555. The van der Waals surface area contributed by atoms with Crippen molar-refractivity contribution in [3.63, 3.8) is 0 Å². The van der Waals surface area contributed by atoms with Gasteiger partial charge in [0.05, 0.1) is 12.5 Å². The molecule has 0 fully saturated rings. The van der Waals surface area contributed by atoms with Gasteiger partial charge in [-0.05, 0) is 37.6 Å². The first-order valence-electron chi connectivity index (χ1n) is 5.91. The standard InChI is InChI=1S/C15H21NO2/c1-15(2,14(17)9-10-16(3)4)12-7-6-8-13(11-12)18-5/h6-11H,1-5H3. The predicted octanol–water partition coefficient (Wildman–Crippen LogP) is 2.62. The molecule has 0 saturated carbocycles. The number of methoxy groups -OCH3 is 1. The lowest BCUT2D eigenvalue weighted by Crippen LogP contribution is -2.27. The number of nitrogens with zero attached hydrogens (tertiary/aromatic N) is 1. The summed E-state index contributed by atoms with van der Waals surface area (Å²) in [4.78, 5) is 14.1. The quantitative estimate of drug-likeness (QED) is 0.749. The largest absolute Gasteiger partial charge is 0.497 e. The highest BCUT2D eigenvalue weighted by molar-refractivity contribution is 5.98. The van der Waals surface area contributed by atoms with Gasteiger partial charge in [-0.1, -0.05) is 12.1 Å².